The number of aryl methyl sites for hydroxylation is 3. The van der Waals surface area contributed by atoms with E-state index >= 15 is 0 Å². The molecule has 1 unspecified atom stereocenters. The Morgan fingerprint density at radius 1 is 1.46 bits per heavy atom. The number of nitrogens with zero attached hydrogens (tertiary/aromatic N) is 4. The summed E-state index contributed by atoms with van der Waals surface area (Å²) in [5.41, 5.74) is 3.61. The number of morpholine rings is 1. The van der Waals surface area contributed by atoms with E-state index in [0.29, 0.717) is 19.7 Å². The summed E-state index contributed by atoms with van der Waals surface area (Å²) in [5.74, 6) is -0.0230. The minimum absolute atomic E-state index is 0.0230. The van der Waals surface area contributed by atoms with Crippen molar-refractivity contribution in [2.45, 2.75) is 26.9 Å². The number of anilines is 1. The second-order valence-corrected chi connectivity index (χ2v) is 7.03. The lowest BCUT2D eigenvalue weighted by atomic mass is 10.2. The van der Waals surface area contributed by atoms with Crippen LogP contribution in [-0.2, 0) is 16.6 Å². The van der Waals surface area contributed by atoms with Gasteiger partial charge in [0.2, 0.25) is 5.91 Å². The zero-order valence-corrected chi connectivity index (χ0v) is 15.3. The summed E-state index contributed by atoms with van der Waals surface area (Å²) in [4.78, 5) is 19.0. The zero-order chi connectivity index (χ0) is 17.3. The highest BCUT2D eigenvalue weighted by Gasteiger charge is 2.26. The fourth-order valence-electron chi connectivity index (χ4n) is 2.85. The van der Waals surface area contributed by atoms with Crippen LogP contribution in [0.2, 0.25) is 0 Å². The molecule has 1 saturated heterocycles. The topological polar surface area (TPSA) is 72.3 Å². The van der Waals surface area contributed by atoms with Crippen LogP contribution < -0.4 is 5.32 Å². The van der Waals surface area contributed by atoms with Gasteiger partial charge in [0.25, 0.3) is 0 Å². The molecule has 1 atom stereocenters. The highest BCUT2D eigenvalue weighted by atomic mass is 32.1. The summed E-state index contributed by atoms with van der Waals surface area (Å²) in [7, 11) is 1.88. The first-order valence-corrected chi connectivity index (χ1v) is 8.88. The number of carbonyl (C=O) groups is 1. The fourth-order valence-corrected chi connectivity index (χ4v) is 3.69. The van der Waals surface area contributed by atoms with Crippen molar-refractivity contribution in [1.29, 1.82) is 0 Å². The van der Waals surface area contributed by atoms with Gasteiger partial charge in [0.1, 0.15) is 11.1 Å². The Kier molecular flexibility index (Phi) is 4.98. The van der Waals surface area contributed by atoms with Crippen molar-refractivity contribution in [3.8, 4) is 0 Å². The van der Waals surface area contributed by atoms with Gasteiger partial charge in [-0.1, -0.05) is 0 Å². The monoisotopic (exact) mass is 349 g/mol. The Labute approximate surface area is 145 Å². The molecule has 8 heteroatoms. The average Bonchev–Trinajstić information content (AvgIpc) is 3.07. The summed E-state index contributed by atoms with van der Waals surface area (Å²) < 4.78 is 7.59. The molecule has 0 radical (unpaired) electrons. The van der Waals surface area contributed by atoms with E-state index in [1.807, 2.05) is 33.2 Å². The number of amides is 1. The molecule has 0 bridgehead atoms. The molecule has 0 saturated carbocycles. The molecule has 7 nitrogen and oxygen atoms in total. The van der Waals surface area contributed by atoms with Crippen molar-refractivity contribution in [1.82, 2.24) is 19.7 Å². The maximum atomic E-state index is 12.4. The Hall–Kier alpha value is -1.77. The van der Waals surface area contributed by atoms with Crippen LogP contribution in [0, 0.1) is 20.8 Å². The fraction of sp³-hybridized carbons (Fsp3) is 0.562. The summed E-state index contributed by atoms with van der Waals surface area (Å²) in [6, 6.07) is 0. The lowest BCUT2D eigenvalue weighted by molar-refractivity contribution is -0.119. The van der Waals surface area contributed by atoms with Crippen molar-refractivity contribution in [3.63, 3.8) is 0 Å². The molecular formula is C16H23N5O2S. The Morgan fingerprint density at radius 2 is 2.25 bits per heavy atom. The minimum Gasteiger partial charge on any atom is -0.368 e. The summed E-state index contributed by atoms with van der Waals surface area (Å²) in [5, 5.41) is 10.3. The van der Waals surface area contributed by atoms with E-state index in [9.17, 15) is 4.79 Å². The van der Waals surface area contributed by atoms with Crippen molar-refractivity contribution >= 4 is 22.9 Å². The summed E-state index contributed by atoms with van der Waals surface area (Å²) >= 11 is 1.61. The Balaban J connectivity index is 1.60. The van der Waals surface area contributed by atoms with Crippen LogP contribution in [0.25, 0.3) is 0 Å². The van der Waals surface area contributed by atoms with E-state index in [4.69, 9.17) is 4.74 Å². The molecule has 0 aromatic carbocycles. The van der Waals surface area contributed by atoms with Crippen molar-refractivity contribution in [2.75, 3.05) is 31.6 Å². The number of ether oxygens (including phenoxy) is 1. The first-order chi connectivity index (χ1) is 11.4. The summed E-state index contributed by atoms with van der Waals surface area (Å²) in [6.07, 6.45) is -0.0490. The van der Waals surface area contributed by atoms with Crippen LogP contribution >= 0.6 is 11.3 Å². The van der Waals surface area contributed by atoms with Gasteiger partial charge in [0.15, 0.2) is 0 Å². The smallest absolute Gasteiger partial charge is 0.238 e. The molecular weight excluding hydrogens is 326 g/mol. The molecule has 130 valence electrons. The predicted octanol–water partition coefficient (Wildman–Crippen LogP) is 1.81. The van der Waals surface area contributed by atoms with Crippen molar-refractivity contribution in [2.24, 2.45) is 7.05 Å². The molecule has 1 N–H and O–H groups in total. The SMILES string of the molecule is Cc1csc(C2CN(CC(=O)Nc3c(C)nn(C)c3C)CCO2)n1. The number of nitrogens with one attached hydrogen (secondary N) is 1. The van der Waals surface area contributed by atoms with Gasteiger partial charge in [-0.2, -0.15) is 5.10 Å². The number of hydrogen-bond donors (Lipinski definition) is 1. The van der Waals surface area contributed by atoms with Crippen LogP contribution in [0.3, 0.4) is 0 Å². The van der Waals surface area contributed by atoms with E-state index < -0.39 is 0 Å². The van der Waals surface area contributed by atoms with Crippen LogP contribution in [-0.4, -0.2) is 51.8 Å². The lowest BCUT2D eigenvalue weighted by Crippen LogP contribution is -2.42. The molecule has 24 heavy (non-hydrogen) atoms. The molecule has 3 heterocycles. The Morgan fingerprint density at radius 3 is 2.88 bits per heavy atom. The predicted molar refractivity (Wildman–Crippen MR) is 93.3 cm³/mol. The van der Waals surface area contributed by atoms with Crippen LogP contribution in [0.1, 0.15) is 28.2 Å². The number of hydrogen-bond acceptors (Lipinski definition) is 6. The number of carbonyl (C=O) groups excluding carboxylic acids is 1. The van der Waals surface area contributed by atoms with E-state index in [2.05, 4.69) is 20.3 Å². The Bertz CT molecular complexity index is 739. The largest absolute Gasteiger partial charge is 0.368 e. The quantitative estimate of drug-likeness (QED) is 0.911. The van der Waals surface area contributed by atoms with Crippen molar-refractivity contribution in [3.05, 3.63) is 27.5 Å². The number of aromatic nitrogens is 3. The standard InChI is InChI=1S/C16H23N5O2S/c1-10-9-24-16(17-10)13-7-21(5-6-23-13)8-14(22)18-15-11(2)19-20(4)12(15)3/h9,13H,5-8H2,1-4H3,(H,18,22). The van der Waals surface area contributed by atoms with E-state index in [1.54, 1.807) is 16.0 Å². The van der Waals surface area contributed by atoms with E-state index in [1.165, 1.54) is 0 Å². The van der Waals surface area contributed by atoms with Crippen LogP contribution in [0.15, 0.2) is 5.38 Å². The van der Waals surface area contributed by atoms with Crippen LogP contribution in [0.4, 0.5) is 5.69 Å². The lowest BCUT2D eigenvalue weighted by Gasteiger charge is -2.31. The third-order valence-corrected chi connectivity index (χ3v) is 5.26. The maximum absolute atomic E-state index is 12.4. The molecule has 1 aliphatic heterocycles. The molecule has 0 spiro atoms. The molecule has 2 aromatic rings. The molecule has 0 aliphatic carbocycles. The first kappa shape index (κ1) is 17.1. The summed E-state index contributed by atoms with van der Waals surface area (Å²) in [6.45, 7) is 8.22. The second-order valence-electron chi connectivity index (χ2n) is 6.14. The van der Waals surface area contributed by atoms with Gasteiger partial charge in [-0.3, -0.25) is 14.4 Å². The third kappa shape index (κ3) is 3.66. The van der Waals surface area contributed by atoms with Crippen LogP contribution in [0.5, 0.6) is 0 Å². The van der Waals surface area contributed by atoms with Gasteiger partial charge in [-0.15, -0.1) is 11.3 Å². The molecule has 1 amide bonds. The van der Waals surface area contributed by atoms with Gasteiger partial charge >= 0.3 is 0 Å². The number of rotatable bonds is 4. The van der Waals surface area contributed by atoms with Gasteiger partial charge in [-0.25, -0.2) is 4.98 Å². The zero-order valence-electron chi connectivity index (χ0n) is 14.5. The van der Waals surface area contributed by atoms with Gasteiger partial charge < -0.3 is 10.1 Å². The van der Waals surface area contributed by atoms with Gasteiger partial charge in [-0.05, 0) is 20.8 Å². The van der Waals surface area contributed by atoms with Crippen molar-refractivity contribution < 1.29 is 9.53 Å². The van der Waals surface area contributed by atoms with Gasteiger partial charge in [0.05, 0.1) is 30.2 Å². The second kappa shape index (κ2) is 7.00. The van der Waals surface area contributed by atoms with Gasteiger partial charge in [0, 0.05) is 31.2 Å². The normalized spacial score (nSPS) is 18.8. The maximum Gasteiger partial charge on any atom is 0.238 e. The molecule has 1 fully saturated rings. The minimum atomic E-state index is -0.0490. The number of thiazole rings is 1. The molecule has 3 rings (SSSR count). The van der Waals surface area contributed by atoms with E-state index in [0.717, 1.165) is 34.3 Å². The molecule has 2 aromatic heterocycles. The third-order valence-electron chi connectivity index (χ3n) is 4.20. The average molecular weight is 349 g/mol. The van der Waals surface area contributed by atoms with E-state index in [-0.39, 0.29) is 12.0 Å². The highest BCUT2D eigenvalue weighted by molar-refractivity contribution is 7.09. The molecule has 1 aliphatic rings. The first-order valence-electron chi connectivity index (χ1n) is 8.00. The highest BCUT2D eigenvalue weighted by Crippen LogP contribution is 2.25.